The molecule has 0 bridgehead atoms. The van der Waals surface area contributed by atoms with Gasteiger partial charge in [-0.2, -0.15) is 0 Å². The Labute approximate surface area is 107 Å². The monoisotopic (exact) mass is 249 g/mol. The van der Waals surface area contributed by atoms with E-state index < -0.39 is 0 Å². The quantitative estimate of drug-likeness (QED) is 0.760. The second-order valence-electron chi connectivity index (χ2n) is 4.65. The fourth-order valence-corrected chi connectivity index (χ4v) is 2.06. The Bertz CT molecular complexity index is 407. The maximum Gasteiger partial charge on any atom is 0.319 e. The summed E-state index contributed by atoms with van der Waals surface area (Å²) in [4.78, 5) is 11.8. The average Bonchev–Trinajstić information content (AvgIpc) is 2.35. The van der Waals surface area contributed by atoms with Crippen LogP contribution < -0.4 is 21.1 Å². The van der Waals surface area contributed by atoms with Crippen molar-refractivity contribution in [3.63, 3.8) is 0 Å². The molecule has 4 N–H and O–H groups in total. The predicted molar refractivity (Wildman–Crippen MR) is 70.8 cm³/mol. The van der Waals surface area contributed by atoms with Crippen LogP contribution in [0, 0.1) is 0 Å². The Hall–Kier alpha value is -1.75. The molecule has 0 spiro atoms. The molecule has 0 saturated heterocycles. The highest BCUT2D eigenvalue weighted by Gasteiger charge is 2.36. The molecule has 1 saturated carbocycles. The molecule has 18 heavy (non-hydrogen) atoms. The zero-order chi connectivity index (χ0) is 13.0. The molecule has 0 aromatic heterocycles. The van der Waals surface area contributed by atoms with Gasteiger partial charge in [-0.1, -0.05) is 0 Å². The molecule has 0 radical (unpaired) electrons. The highest BCUT2D eigenvalue weighted by molar-refractivity contribution is 5.89. The Morgan fingerprint density at radius 2 is 2.06 bits per heavy atom. The molecule has 0 atom stereocenters. The first kappa shape index (κ1) is 12.7. The number of anilines is 1. The molecule has 2 rings (SSSR count). The molecule has 0 aliphatic heterocycles. The van der Waals surface area contributed by atoms with E-state index in [0.717, 1.165) is 30.7 Å². The van der Waals surface area contributed by atoms with E-state index in [2.05, 4.69) is 10.6 Å². The van der Waals surface area contributed by atoms with Gasteiger partial charge in [0.2, 0.25) is 0 Å². The van der Waals surface area contributed by atoms with E-state index in [4.69, 9.17) is 10.5 Å². The van der Waals surface area contributed by atoms with Crippen molar-refractivity contribution in [2.45, 2.75) is 24.8 Å². The smallest absolute Gasteiger partial charge is 0.319 e. The van der Waals surface area contributed by atoms with Gasteiger partial charge in [-0.05, 0) is 43.5 Å². The summed E-state index contributed by atoms with van der Waals surface area (Å²) in [5, 5.41) is 5.74. The van der Waals surface area contributed by atoms with Crippen molar-refractivity contribution in [3.8, 4) is 5.75 Å². The van der Waals surface area contributed by atoms with E-state index in [1.165, 1.54) is 0 Å². The van der Waals surface area contributed by atoms with Crippen LogP contribution in [-0.2, 0) is 0 Å². The summed E-state index contributed by atoms with van der Waals surface area (Å²) < 4.78 is 5.05. The van der Waals surface area contributed by atoms with E-state index in [1.807, 2.05) is 0 Å². The molecule has 5 heteroatoms. The summed E-state index contributed by atoms with van der Waals surface area (Å²) in [5.41, 5.74) is 6.23. The number of benzene rings is 1. The minimum atomic E-state index is -0.203. The lowest BCUT2D eigenvalue weighted by atomic mass is 9.77. The Morgan fingerprint density at radius 1 is 1.39 bits per heavy atom. The van der Waals surface area contributed by atoms with E-state index in [9.17, 15) is 4.79 Å². The van der Waals surface area contributed by atoms with Crippen LogP contribution in [0.1, 0.15) is 19.3 Å². The fourth-order valence-electron chi connectivity index (χ4n) is 2.06. The molecule has 0 unspecified atom stereocenters. The maximum atomic E-state index is 11.8. The van der Waals surface area contributed by atoms with Gasteiger partial charge < -0.3 is 21.1 Å². The minimum Gasteiger partial charge on any atom is -0.497 e. The van der Waals surface area contributed by atoms with Gasteiger partial charge in [-0.3, -0.25) is 0 Å². The van der Waals surface area contributed by atoms with Crippen LogP contribution in [0.3, 0.4) is 0 Å². The third-order valence-corrected chi connectivity index (χ3v) is 3.43. The highest BCUT2D eigenvalue weighted by atomic mass is 16.5. The topological polar surface area (TPSA) is 76.4 Å². The van der Waals surface area contributed by atoms with Crippen molar-refractivity contribution in [2.75, 3.05) is 19.0 Å². The van der Waals surface area contributed by atoms with Crippen LogP contribution in [-0.4, -0.2) is 25.2 Å². The molecule has 1 aromatic rings. The third-order valence-electron chi connectivity index (χ3n) is 3.43. The van der Waals surface area contributed by atoms with Gasteiger partial charge in [0, 0.05) is 12.2 Å². The highest BCUT2D eigenvalue weighted by Crippen LogP contribution is 2.30. The molecule has 5 nitrogen and oxygen atoms in total. The number of urea groups is 1. The maximum absolute atomic E-state index is 11.8. The number of hydrogen-bond donors (Lipinski definition) is 3. The molecule has 0 heterocycles. The Morgan fingerprint density at radius 3 is 2.50 bits per heavy atom. The van der Waals surface area contributed by atoms with Gasteiger partial charge in [0.1, 0.15) is 5.75 Å². The number of rotatable bonds is 4. The van der Waals surface area contributed by atoms with Crippen LogP contribution in [0.5, 0.6) is 5.75 Å². The lowest BCUT2D eigenvalue weighted by Crippen LogP contribution is -2.59. The lowest BCUT2D eigenvalue weighted by Gasteiger charge is -2.41. The minimum absolute atomic E-state index is 0.198. The van der Waals surface area contributed by atoms with Gasteiger partial charge >= 0.3 is 6.03 Å². The predicted octanol–water partition coefficient (Wildman–Crippen LogP) is 1.70. The molecule has 98 valence electrons. The number of nitrogens with one attached hydrogen (secondary N) is 2. The number of methoxy groups -OCH3 is 1. The number of nitrogens with two attached hydrogens (primary N) is 1. The third kappa shape index (κ3) is 2.73. The van der Waals surface area contributed by atoms with Crippen LogP contribution in [0.25, 0.3) is 0 Å². The summed E-state index contributed by atoms with van der Waals surface area (Å²) in [6.07, 6.45) is 3.04. The van der Waals surface area contributed by atoms with Crippen molar-refractivity contribution in [1.82, 2.24) is 5.32 Å². The SMILES string of the molecule is COc1ccc(NC(=O)NC2(CN)CCC2)cc1. The van der Waals surface area contributed by atoms with Crippen molar-refractivity contribution in [3.05, 3.63) is 24.3 Å². The molecule has 1 fully saturated rings. The number of carbonyl (C=O) groups excluding carboxylic acids is 1. The summed E-state index contributed by atoms with van der Waals surface area (Å²) in [7, 11) is 1.61. The molecule has 1 aliphatic carbocycles. The zero-order valence-electron chi connectivity index (χ0n) is 10.5. The van der Waals surface area contributed by atoms with E-state index in [-0.39, 0.29) is 11.6 Å². The van der Waals surface area contributed by atoms with Crippen molar-refractivity contribution in [1.29, 1.82) is 0 Å². The number of ether oxygens (including phenoxy) is 1. The first-order chi connectivity index (χ1) is 8.67. The van der Waals surface area contributed by atoms with E-state index in [0.29, 0.717) is 6.54 Å². The Balaban J connectivity index is 1.90. The number of amides is 2. The largest absolute Gasteiger partial charge is 0.497 e. The Kier molecular flexibility index (Phi) is 3.72. The molecular formula is C13H19N3O2. The standard InChI is InChI=1S/C13H19N3O2/c1-18-11-5-3-10(4-6-11)15-12(17)16-13(9-14)7-2-8-13/h3-6H,2,7-9,14H2,1H3,(H2,15,16,17). The summed E-state index contributed by atoms with van der Waals surface area (Å²) in [5.74, 6) is 0.762. The summed E-state index contributed by atoms with van der Waals surface area (Å²) in [6, 6.07) is 7.00. The van der Waals surface area contributed by atoms with Gasteiger partial charge in [-0.15, -0.1) is 0 Å². The van der Waals surface area contributed by atoms with Crippen molar-refractivity contribution in [2.24, 2.45) is 5.73 Å². The van der Waals surface area contributed by atoms with Crippen LogP contribution in [0.15, 0.2) is 24.3 Å². The normalized spacial score (nSPS) is 16.6. The van der Waals surface area contributed by atoms with Crippen LogP contribution in [0.2, 0.25) is 0 Å². The van der Waals surface area contributed by atoms with Crippen LogP contribution in [0.4, 0.5) is 10.5 Å². The van der Waals surface area contributed by atoms with Crippen molar-refractivity contribution >= 4 is 11.7 Å². The molecular weight excluding hydrogens is 230 g/mol. The first-order valence-corrected chi connectivity index (χ1v) is 6.11. The van der Waals surface area contributed by atoms with E-state index >= 15 is 0 Å². The number of hydrogen-bond acceptors (Lipinski definition) is 3. The fraction of sp³-hybridized carbons (Fsp3) is 0.462. The molecule has 1 aromatic carbocycles. The summed E-state index contributed by atoms with van der Waals surface area (Å²) >= 11 is 0. The molecule has 1 aliphatic rings. The second kappa shape index (κ2) is 5.27. The lowest BCUT2D eigenvalue weighted by molar-refractivity contribution is 0.190. The first-order valence-electron chi connectivity index (χ1n) is 6.11. The van der Waals surface area contributed by atoms with Gasteiger partial charge in [-0.25, -0.2) is 4.79 Å². The van der Waals surface area contributed by atoms with Gasteiger partial charge in [0.05, 0.1) is 12.6 Å². The van der Waals surface area contributed by atoms with Gasteiger partial charge in [0.25, 0.3) is 0 Å². The molecule has 2 amide bonds. The zero-order valence-corrected chi connectivity index (χ0v) is 10.5. The average molecular weight is 249 g/mol. The van der Waals surface area contributed by atoms with E-state index in [1.54, 1.807) is 31.4 Å². The number of carbonyl (C=O) groups is 1. The van der Waals surface area contributed by atoms with Crippen molar-refractivity contribution < 1.29 is 9.53 Å². The van der Waals surface area contributed by atoms with Crippen LogP contribution >= 0.6 is 0 Å². The van der Waals surface area contributed by atoms with Gasteiger partial charge in [0.15, 0.2) is 0 Å². The second-order valence-corrected chi connectivity index (χ2v) is 4.65. The summed E-state index contributed by atoms with van der Waals surface area (Å²) in [6.45, 7) is 0.489.